The summed E-state index contributed by atoms with van der Waals surface area (Å²) < 4.78 is 3.61. The van der Waals surface area contributed by atoms with Gasteiger partial charge >= 0.3 is 0 Å². The van der Waals surface area contributed by atoms with Crippen molar-refractivity contribution >= 4 is 17.6 Å². The fourth-order valence-corrected chi connectivity index (χ4v) is 3.46. The molecule has 0 spiro atoms. The average molecular weight is 373 g/mol. The molecule has 146 valence electrons. The predicted octanol–water partition coefficient (Wildman–Crippen LogP) is 1.52. The van der Waals surface area contributed by atoms with E-state index in [-0.39, 0.29) is 11.7 Å². The SMILES string of the molecule is CC1(Cn2cnc(C(N)=O)n2)CCC1.Cc1cc2n(n1)CCCC(=O)N2C. The predicted molar refractivity (Wildman–Crippen MR) is 100 cm³/mol. The van der Waals surface area contributed by atoms with Gasteiger partial charge in [0.2, 0.25) is 11.7 Å². The first kappa shape index (κ1) is 19.1. The molecule has 1 aliphatic carbocycles. The maximum absolute atomic E-state index is 11.5. The van der Waals surface area contributed by atoms with Crippen molar-refractivity contribution in [2.75, 3.05) is 11.9 Å². The van der Waals surface area contributed by atoms with Crippen molar-refractivity contribution in [2.45, 2.75) is 59.0 Å². The number of primary amides is 1. The number of aryl methyl sites for hydroxylation is 2. The molecule has 9 heteroatoms. The Hall–Kier alpha value is -2.71. The number of hydrogen-bond donors (Lipinski definition) is 1. The minimum Gasteiger partial charge on any atom is -0.363 e. The Labute approximate surface area is 158 Å². The lowest BCUT2D eigenvalue weighted by molar-refractivity contribution is -0.118. The van der Waals surface area contributed by atoms with Gasteiger partial charge in [0.25, 0.3) is 5.91 Å². The van der Waals surface area contributed by atoms with E-state index in [4.69, 9.17) is 5.73 Å². The van der Waals surface area contributed by atoms with Crippen LogP contribution >= 0.6 is 0 Å². The first-order chi connectivity index (χ1) is 12.8. The standard InChI is InChI=1S/C9H14N4O.C9H13N3O/c1-9(3-2-4-9)5-13-6-11-8(12-13)7(10)14;1-7-6-8-11(2)9(13)4-3-5-12(8)10-7/h6H,2-5H2,1H3,(H2,10,14);6H,3-5H2,1-2H3. The number of rotatable bonds is 3. The van der Waals surface area contributed by atoms with Crippen LogP contribution in [0.25, 0.3) is 0 Å². The van der Waals surface area contributed by atoms with Crippen molar-refractivity contribution in [3.05, 3.63) is 23.9 Å². The summed E-state index contributed by atoms with van der Waals surface area (Å²) in [5.74, 6) is 0.633. The summed E-state index contributed by atoms with van der Waals surface area (Å²) in [5.41, 5.74) is 6.37. The van der Waals surface area contributed by atoms with Gasteiger partial charge in [-0.1, -0.05) is 13.3 Å². The van der Waals surface area contributed by atoms with Gasteiger partial charge in [-0.25, -0.2) is 9.67 Å². The van der Waals surface area contributed by atoms with Crippen molar-refractivity contribution in [3.63, 3.8) is 0 Å². The smallest absolute Gasteiger partial charge is 0.288 e. The van der Waals surface area contributed by atoms with Gasteiger partial charge in [-0.05, 0) is 31.6 Å². The molecular formula is C18H27N7O2. The maximum atomic E-state index is 11.5. The van der Waals surface area contributed by atoms with Gasteiger partial charge in [0.15, 0.2) is 0 Å². The van der Waals surface area contributed by atoms with Crippen LogP contribution in [-0.2, 0) is 17.9 Å². The lowest BCUT2D eigenvalue weighted by Crippen LogP contribution is -2.31. The van der Waals surface area contributed by atoms with Crippen LogP contribution in [0.5, 0.6) is 0 Å². The fourth-order valence-electron chi connectivity index (χ4n) is 3.46. The maximum Gasteiger partial charge on any atom is 0.288 e. The summed E-state index contributed by atoms with van der Waals surface area (Å²) >= 11 is 0. The van der Waals surface area contributed by atoms with Crippen molar-refractivity contribution < 1.29 is 9.59 Å². The normalized spacial score (nSPS) is 18.0. The second-order valence-electron chi connectivity index (χ2n) is 7.72. The van der Waals surface area contributed by atoms with E-state index in [0.717, 1.165) is 31.0 Å². The number of amides is 2. The third-order valence-corrected chi connectivity index (χ3v) is 5.22. The van der Waals surface area contributed by atoms with Crippen molar-refractivity contribution in [3.8, 4) is 0 Å². The molecule has 1 fully saturated rings. The molecule has 3 heterocycles. The molecular weight excluding hydrogens is 346 g/mol. The van der Waals surface area contributed by atoms with E-state index in [9.17, 15) is 9.59 Å². The zero-order chi connectivity index (χ0) is 19.6. The number of carbonyl (C=O) groups is 2. The summed E-state index contributed by atoms with van der Waals surface area (Å²) in [5, 5.41) is 8.33. The Morgan fingerprint density at radius 3 is 2.63 bits per heavy atom. The van der Waals surface area contributed by atoms with E-state index in [0.29, 0.717) is 11.8 Å². The number of nitrogens with zero attached hydrogens (tertiary/aromatic N) is 6. The quantitative estimate of drug-likeness (QED) is 0.876. The molecule has 2 N–H and O–H groups in total. The van der Waals surface area contributed by atoms with Crippen LogP contribution in [0.4, 0.5) is 5.82 Å². The highest BCUT2D eigenvalue weighted by atomic mass is 16.2. The van der Waals surface area contributed by atoms with Gasteiger partial charge in [-0.3, -0.25) is 14.3 Å². The number of carbonyl (C=O) groups excluding carboxylic acids is 2. The molecule has 0 saturated heterocycles. The highest BCUT2D eigenvalue weighted by Crippen LogP contribution is 2.41. The average Bonchev–Trinajstić information content (AvgIpc) is 3.17. The number of nitrogens with two attached hydrogens (primary N) is 1. The van der Waals surface area contributed by atoms with Crippen LogP contribution in [0.2, 0.25) is 0 Å². The second-order valence-corrected chi connectivity index (χ2v) is 7.72. The Morgan fingerprint density at radius 1 is 1.30 bits per heavy atom. The van der Waals surface area contributed by atoms with Gasteiger partial charge in [-0.15, -0.1) is 5.10 Å². The van der Waals surface area contributed by atoms with E-state index in [1.807, 2.05) is 17.7 Å². The van der Waals surface area contributed by atoms with Crippen LogP contribution in [-0.4, -0.2) is 43.4 Å². The summed E-state index contributed by atoms with van der Waals surface area (Å²) in [6, 6.07) is 1.95. The fraction of sp³-hybridized carbons (Fsp3) is 0.611. The molecule has 0 aromatic carbocycles. The van der Waals surface area contributed by atoms with Crippen LogP contribution in [0.1, 0.15) is 55.3 Å². The minimum atomic E-state index is -0.567. The van der Waals surface area contributed by atoms with Crippen LogP contribution in [0, 0.1) is 12.3 Å². The van der Waals surface area contributed by atoms with E-state index in [1.165, 1.54) is 19.3 Å². The van der Waals surface area contributed by atoms with Crippen molar-refractivity contribution in [1.29, 1.82) is 0 Å². The first-order valence-electron chi connectivity index (χ1n) is 9.28. The zero-order valence-electron chi connectivity index (χ0n) is 16.2. The summed E-state index contributed by atoms with van der Waals surface area (Å²) in [6.07, 6.45) is 6.81. The Balaban J connectivity index is 0.000000156. The van der Waals surface area contributed by atoms with Crippen LogP contribution < -0.4 is 10.6 Å². The summed E-state index contributed by atoms with van der Waals surface area (Å²) in [4.78, 5) is 27.7. The molecule has 2 aromatic rings. The lowest BCUT2D eigenvalue weighted by atomic mass is 9.70. The van der Waals surface area contributed by atoms with Gasteiger partial charge < -0.3 is 10.6 Å². The van der Waals surface area contributed by atoms with Gasteiger partial charge in [0.05, 0.1) is 5.69 Å². The number of anilines is 1. The lowest BCUT2D eigenvalue weighted by Gasteiger charge is -2.37. The minimum absolute atomic E-state index is 0.105. The number of fused-ring (bicyclic) bond motifs is 1. The van der Waals surface area contributed by atoms with E-state index >= 15 is 0 Å². The first-order valence-corrected chi connectivity index (χ1v) is 9.28. The van der Waals surface area contributed by atoms with E-state index in [1.54, 1.807) is 23.0 Å². The molecule has 2 amide bonds. The van der Waals surface area contributed by atoms with Crippen LogP contribution in [0.3, 0.4) is 0 Å². The molecule has 2 aliphatic rings. The summed E-state index contributed by atoms with van der Waals surface area (Å²) in [7, 11) is 1.81. The molecule has 0 atom stereocenters. The summed E-state index contributed by atoms with van der Waals surface area (Å²) in [6.45, 7) is 5.84. The highest BCUT2D eigenvalue weighted by Gasteiger charge is 2.32. The third kappa shape index (κ3) is 4.35. The Bertz CT molecular complexity index is 835. The molecule has 0 unspecified atom stereocenters. The molecule has 1 saturated carbocycles. The number of hydrogen-bond acceptors (Lipinski definition) is 5. The molecule has 1 aliphatic heterocycles. The Kier molecular flexibility index (Phi) is 5.29. The second kappa shape index (κ2) is 7.50. The topological polar surface area (TPSA) is 112 Å². The van der Waals surface area contributed by atoms with E-state index < -0.39 is 5.91 Å². The molecule has 0 radical (unpaired) electrons. The zero-order valence-corrected chi connectivity index (χ0v) is 16.2. The third-order valence-electron chi connectivity index (χ3n) is 5.22. The van der Waals surface area contributed by atoms with Gasteiger partial charge in [-0.2, -0.15) is 5.10 Å². The van der Waals surface area contributed by atoms with Crippen molar-refractivity contribution in [1.82, 2.24) is 24.5 Å². The van der Waals surface area contributed by atoms with Crippen LogP contribution in [0.15, 0.2) is 12.4 Å². The molecule has 9 nitrogen and oxygen atoms in total. The largest absolute Gasteiger partial charge is 0.363 e. The molecule has 0 bridgehead atoms. The number of aromatic nitrogens is 5. The molecule has 4 rings (SSSR count). The molecule has 2 aromatic heterocycles. The van der Waals surface area contributed by atoms with E-state index in [2.05, 4.69) is 22.1 Å². The van der Waals surface area contributed by atoms with Crippen molar-refractivity contribution in [2.24, 2.45) is 11.1 Å². The highest BCUT2D eigenvalue weighted by molar-refractivity contribution is 5.92. The molecule has 27 heavy (non-hydrogen) atoms. The Morgan fingerprint density at radius 2 is 2.04 bits per heavy atom. The van der Waals surface area contributed by atoms with Gasteiger partial charge in [0, 0.05) is 32.6 Å². The monoisotopic (exact) mass is 373 g/mol. The van der Waals surface area contributed by atoms with Gasteiger partial charge in [0.1, 0.15) is 12.1 Å².